The van der Waals surface area contributed by atoms with Gasteiger partial charge < -0.3 is 5.32 Å². The van der Waals surface area contributed by atoms with E-state index in [9.17, 15) is 4.79 Å². The van der Waals surface area contributed by atoms with Crippen molar-refractivity contribution < 1.29 is 4.79 Å². The number of hydrogen-bond donors (Lipinski definition) is 1. The molecule has 25 heavy (non-hydrogen) atoms. The first-order valence-corrected chi connectivity index (χ1v) is 8.36. The summed E-state index contributed by atoms with van der Waals surface area (Å²) in [5.41, 5.74) is 4.23. The van der Waals surface area contributed by atoms with Crippen LogP contribution >= 0.6 is 11.6 Å². The zero-order valence-electron chi connectivity index (χ0n) is 14.5. The highest BCUT2D eigenvalue weighted by Crippen LogP contribution is 2.21. The summed E-state index contributed by atoms with van der Waals surface area (Å²) in [5, 5.41) is 11.7. The van der Waals surface area contributed by atoms with Crippen LogP contribution in [0.5, 0.6) is 0 Å². The lowest BCUT2D eigenvalue weighted by Gasteiger charge is -2.05. The number of benzene rings is 1. The van der Waals surface area contributed by atoms with E-state index in [0.717, 1.165) is 11.1 Å². The maximum absolute atomic E-state index is 12.5. The quantitative estimate of drug-likeness (QED) is 0.763. The smallest absolute Gasteiger partial charge is 0.256 e. The van der Waals surface area contributed by atoms with Gasteiger partial charge in [-0.1, -0.05) is 41.4 Å². The molecule has 0 unspecified atom stereocenters. The molecule has 2 heterocycles. The van der Waals surface area contributed by atoms with Gasteiger partial charge in [0.25, 0.3) is 5.91 Å². The predicted molar refractivity (Wildman–Crippen MR) is 96.6 cm³/mol. The Hall–Kier alpha value is -2.60. The number of carbonyl (C=O) groups excluding carboxylic acids is 1. The van der Waals surface area contributed by atoms with E-state index in [-0.39, 0.29) is 5.91 Å². The van der Waals surface area contributed by atoms with Gasteiger partial charge in [0, 0.05) is 25.4 Å². The van der Waals surface area contributed by atoms with E-state index >= 15 is 0 Å². The van der Waals surface area contributed by atoms with Crippen molar-refractivity contribution in [3.05, 3.63) is 69.8 Å². The fourth-order valence-electron chi connectivity index (χ4n) is 2.62. The molecule has 0 saturated carbocycles. The van der Waals surface area contributed by atoms with Crippen molar-refractivity contribution in [3.8, 4) is 0 Å². The van der Waals surface area contributed by atoms with Gasteiger partial charge in [0.05, 0.1) is 24.0 Å². The number of carbonyl (C=O) groups is 1. The van der Waals surface area contributed by atoms with Crippen molar-refractivity contribution in [2.24, 2.45) is 7.05 Å². The normalized spacial score (nSPS) is 10.9. The number of rotatable bonds is 5. The van der Waals surface area contributed by atoms with E-state index in [1.165, 1.54) is 5.56 Å². The molecular weight excluding hydrogens is 338 g/mol. The van der Waals surface area contributed by atoms with Gasteiger partial charge in [0.1, 0.15) is 5.15 Å². The van der Waals surface area contributed by atoms with Crippen LogP contribution in [-0.4, -0.2) is 25.5 Å². The highest BCUT2D eigenvalue weighted by Gasteiger charge is 2.20. The molecule has 3 rings (SSSR count). The fraction of sp³-hybridized carbons (Fsp3) is 0.278. The number of halogens is 1. The summed E-state index contributed by atoms with van der Waals surface area (Å²) in [6.45, 7) is 4.75. The Morgan fingerprint density at radius 3 is 2.56 bits per heavy atom. The summed E-state index contributed by atoms with van der Waals surface area (Å²) >= 11 is 6.41. The highest BCUT2D eigenvalue weighted by molar-refractivity contribution is 6.33. The summed E-state index contributed by atoms with van der Waals surface area (Å²) in [4.78, 5) is 12.5. The molecule has 0 radical (unpaired) electrons. The average molecular weight is 358 g/mol. The molecule has 0 aliphatic heterocycles. The molecule has 1 aromatic carbocycles. The van der Waals surface area contributed by atoms with Crippen molar-refractivity contribution in [1.82, 2.24) is 24.9 Å². The molecule has 1 N–H and O–H groups in total. The van der Waals surface area contributed by atoms with Crippen molar-refractivity contribution >= 4 is 17.5 Å². The number of nitrogens with one attached hydrogen (secondary N) is 1. The number of nitrogens with zero attached hydrogens (tertiary/aromatic N) is 4. The molecule has 3 aromatic rings. The lowest BCUT2D eigenvalue weighted by Crippen LogP contribution is -2.23. The van der Waals surface area contributed by atoms with Crippen LogP contribution in [0.3, 0.4) is 0 Å². The number of hydrogen-bond acceptors (Lipinski definition) is 3. The molecule has 1 amide bonds. The van der Waals surface area contributed by atoms with Gasteiger partial charge in [-0.15, -0.1) is 0 Å². The van der Waals surface area contributed by atoms with Crippen LogP contribution in [0.25, 0.3) is 0 Å². The van der Waals surface area contributed by atoms with Crippen LogP contribution in [0.2, 0.25) is 5.15 Å². The molecule has 0 saturated heterocycles. The van der Waals surface area contributed by atoms with E-state index < -0.39 is 0 Å². The Bertz CT molecular complexity index is 895. The van der Waals surface area contributed by atoms with Gasteiger partial charge in [-0.25, -0.2) is 4.68 Å². The van der Waals surface area contributed by atoms with Crippen molar-refractivity contribution in [3.63, 3.8) is 0 Å². The van der Waals surface area contributed by atoms with Gasteiger partial charge in [0.15, 0.2) is 0 Å². The number of amides is 1. The van der Waals surface area contributed by atoms with E-state index in [1.54, 1.807) is 22.5 Å². The van der Waals surface area contributed by atoms with Crippen molar-refractivity contribution in [2.75, 3.05) is 0 Å². The van der Waals surface area contributed by atoms with Crippen LogP contribution in [0.4, 0.5) is 0 Å². The largest absolute Gasteiger partial charge is 0.348 e. The second-order valence-electron chi connectivity index (χ2n) is 6.10. The summed E-state index contributed by atoms with van der Waals surface area (Å²) in [6.07, 6.45) is 3.57. The first-order chi connectivity index (χ1) is 11.9. The van der Waals surface area contributed by atoms with Gasteiger partial charge in [-0.2, -0.15) is 10.2 Å². The minimum atomic E-state index is -0.235. The molecule has 0 bridgehead atoms. The molecule has 2 aromatic heterocycles. The van der Waals surface area contributed by atoms with E-state index in [4.69, 9.17) is 11.6 Å². The number of aryl methyl sites for hydroxylation is 3. The third-order valence-electron chi connectivity index (χ3n) is 3.96. The molecule has 0 aliphatic rings. The van der Waals surface area contributed by atoms with Crippen LogP contribution < -0.4 is 5.32 Å². The van der Waals surface area contributed by atoms with Gasteiger partial charge in [-0.05, 0) is 19.4 Å². The van der Waals surface area contributed by atoms with Crippen LogP contribution in [0, 0.1) is 13.8 Å². The topological polar surface area (TPSA) is 64.7 Å². The molecule has 0 aliphatic carbocycles. The summed E-state index contributed by atoms with van der Waals surface area (Å²) in [6, 6.07) is 8.15. The Morgan fingerprint density at radius 1 is 1.20 bits per heavy atom. The molecule has 7 heteroatoms. The SMILES string of the molecule is Cc1ccc(Cn2nc(C)c(C(=O)NCc3cnn(C)c3)c2Cl)cc1. The zero-order chi connectivity index (χ0) is 18.0. The van der Waals surface area contributed by atoms with Crippen molar-refractivity contribution in [2.45, 2.75) is 26.9 Å². The standard InChI is InChI=1S/C18H20ClN5O/c1-12-4-6-14(7-5-12)11-24-17(19)16(13(2)22-24)18(25)20-8-15-9-21-23(3)10-15/h4-7,9-10H,8,11H2,1-3H3,(H,20,25). The van der Waals surface area contributed by atoms with E-state index in [1.807, 2.05) is 44.4 Å². The van der Waals surface area contributed by atoms with E-state index in [2.05, 4.69) is 15.5 Å². The van der Waals surface area contributed by atoms with Crippen LogP contribution in [0.1, 0.15) is 32.7 Å². The number of aromatic nitrogens is 4. The molecule has 0 fully saturated rings. The lowest BCUT2D eigenvalue weighted by atomic mass is 10.1. The molecule has 0 atom stereocenters. The molecule has 130 valence electrons. The average Bonchev–Trinajstić information content (AvgIpc) is 3.11. The Labute approximate surface area is 151 Å². The Balaban J connectivity index is 1.74. The lowest BCUT2D eigenvalue weighted by molar-refractivity contribution is 0.0950. The van der Waals surface area contributed by atoms with Gasteiger partial charge in [0.2, 0.25) is 0 Å². The van der Waals surface area contributed by atoms with Crippen LogP contribution in [-0.2, 0) is 20.1 Å². The Kier molecular flexibility index (Phi) is 4.90. The molecular formula is C18H20ClN5O. The maximum atomic E-state index is 12.5. The molecule has 0 spiro atoms. The fourth-order valence-corrected chi connectivity index (χ4v) is 2.94. The zero-order valence-corrected chi connectivity index (χ0v) is 15.2. The Morgan fingerprint density at radius 2 is 1.92 bits per heavy atom. The minimum absolute atomic E-state index is 0.235. The van der Waals surface area contributed by atoms with Crippen LogP contribution in [0.15, 0.2) is 36.7 Å². The molecule has 6 nitrogen and oxygen atoms in total. The predicted octanol–water partition coefficient (Wildman–Crippen LogP) is 2.87. The summed E-state index contributed by atoms with van der Waals surface area (Å²) < 4.78 is 3.35. The second-order valence-corrected chi connectivity index (χ2v) is 6.46. The highest BCUT2D eigenvalue weighted by atomic mass is 35.5. The summed E-state index contributed by atoms with van der Waals surface area (Å²) in [5.74, 6) is -0.235. The van der Waals surface area contributed by atoms with Gasteiger partial charge >= 0.3 is 0 Å². The monoisotopic (exact) mass is 357 g/mol. The second kappa shape index (κ2) is 7.11. The third kappa shape index (κ3) is 3.91. The minimum Gasteiger partial charge on any atom is -0.348 e. The first kappa shape index (κ1) is 17.2. The van der Waals surface area contributed by atoms with E-state index in [0.29, 0.717) is 29.5 Å². The third-order valence-corrected chi connectivity index (χ3v) is 4.34. The first-order valence-electron chi connectivity index (χ1n) is 7.98. The maximum Gasteiger partial charge on any atom is 0.256 e. The summed E-state index contributed by atoms with van der Waals surface area (Å²) in [7, 11) is 1.83. The van der Waals surface area contributed by atoms with Crippen molar-refractivity contribution in [1.29, 1.82) is 0 Å². The van der Waals surface area contributed by atoms with Gasteiger partial charge in [-0.3, -0.25) is 9.48 Å².